The van der Waals surface area contributed by atoms with E-state index in [0.29, 0.717) is 25.9 Å². The van der Waals surface area contributed by atoms with E-state index in [2.05, 4.69) is 0 Å². The third-order valence-corrected chi connectivity index (χ3v) is 7.38. The topological polar surface area (TPSA) is 95.0 Å². The van der Waals surface area contributed by atoms with E-state index in [4.69, 9.17) is 0 Å². The summed E-state index contributed by atoms with van der Waals surface area (Å²) < 4.78 is 24.8. The van der Waals surface area contributed by atoms with Gasteiger partial charge in [-0.2, -0.15) is 0 Å². The number of sulfonamides is 1. The van der Waals surface area contributed by atoms with Gasteiger partial charge < -0.3 is 10.0 Å². The molecule has 0 unspecified atom stereocenters. The largest absolute Gasteiger partial charge is 0.481 e. The van der Waals surface area contributed by atoms with E-state index in [9.17, 15) is 23.1 Å². The van der Waals surface area contributed by atoms with Gasteiger partial charge in [0.15, 0.2) is 0 Å². The molecule has 7 nitrogen and oxygen atoms in total. The molecule has 0 aromatic heterocycles. The molecule has 2 atom stereocenters. The number of hydrogen-bond donors (Lipinski definition) is 1. The van der Waals surface area contributed by atoms with Crippen LogP contribution in [0.2, 0.25) is 0 Å². The maximum Gasteiger partial charge on any atom is 0.311 e. The molecular formula is C14H22N2O5S. The summed E-state index contributed by atoms with van der Waals surface area (Å²) >= 11 is 0. The van der Waals surface area contributed by atoms with Gasteiger partial charge in [0.05, 0.1) is 11.2 Å². The van der Waals surface area contributed by atoms with Crippen molar-refractivity contribution < 1.29 is 23.1 Å². The molecule has 0 spiro atoms. The number of amides is 1. The van der Waals surface area contributed by atoms with Crippen LogP contribution in [-0.4, -0.2) is 66.5 Å². The van der Waals surface area contributed by atoms with Gasteiger partial charge in [-0.3, -0.25) is 9.59 Å². The van der Waals surface area contributed by atoms with Crippen LogP contribution in [0, 0.1) is 11.3 Å². The van der Waals surface area contributed by atoms with Gasteiger partial charge in [0, 0.05) is 32.6 Å². The number of fused-ring (bicyclic) bond motifs is 1. The number of carboxylic acid groups (broad SMARTS) is 1. The highest BCUT2D eigenvalue weighted by Gasteiger charge is 2.55. The second kappa shape index (κ2) is 5.49. The third kappa shape index (κ3) is 2.52. The molecule has 2 saturated heterocycles. The second-order valence-electron chi connectivity index (χ2n) is 6.64. The van der Waals surface area contributed by atoms with E-state index in [1.807, 2.05) is 0 Å². The Hall–Kier alpha value is -1.15. The lowest BCUT2D eigenvalue weighted by molar-refractivity contribution is -0.149. The van der Waals surface area contributed by atoms with Crippen LogP contribution in [0.3, 0.4) is 0 Å². The average molecular weight is 330 g/mol. The number of rotatable bonds is 4. The van der Waals surface area contributed by atoms with E-state index in [-0.39, 0.29) is 37.1 Å². The molecule has 8 heteroatoms. The van der Waals surface area contributed by atoms with Crippen molar-refractivity contribution in [1.29, 1.82) is 0 Å². The summed E-state index contributed by atoms with van der Waals surface area (Å²) in [7, 11) is -3.18. The van der Waals surface area contributed by atoms with Gasteiger partial charge in [-0.1, -0.05) is 6.42 Å². The lowest BCUT2D eigenvalue weighted by Gasteiger charge is -2.23. The molecule has 2 aliphatic heterocycles. The molecule has 22 heavy (non-hydrogen) atoms. The fourth-order valence-electron chi connectivity index (χ4n) is 4.15. The zero-order valence-corrected chi connectivity index (χ0v) is 13.3. The molecule has 0 radical (unpaired) electrons. The van der Waals surface area contributed by atoms with Crippen molar-refractivity contribution in [2.45, 2.75) is 32.1 Å². The van der Waals surface area contributed by atoms with Crippen molar-refractivity contribution in [3.63, 3.8) is 0 Å². The Morgan fingerprint density at radius 1 is 1.27 bits per heavy atom. The minimum Gasteiger partial charge on any atom is -0.481 e. The minimum absolute atomic E-state index is 0.0458. The molecule has 1 aliphatic carbocycles. The first-order valence-corrected chi connectivity index (χ1v) is 9.45. The van der Waals surface area contributed by atoms with E-state index in [0.717, 1.165) is 12.8 Å². The highest BCUT2D eigenvalue weighted by Crippen LogP contribution is 2.48. The standard InChI is InChI=1S/C14H22N2O5S/c17-12(4-7-16-6-2-8-22(16,20)21)15-9-11-3-1-5-14(11,10-15)13(18)19/h11H,1-10H2,(H,18,19)/t11-,14+/m0/s1. The number of carboxylic acids is 1. The molecule has 2 heterocycles. The molecule has 0 aromatic carbocycles. The zero-order valence-electron chi connectivity index (χ0n) is 12.5. The van der Waals surface area contributed by atoms with Crippen molar-refractivity contribution in [2.75, 3.05) is 31.9 Å². The molecule has 3 fully saturated rings. The summed E-state index contributed by atoms with van der Waals surface area (Å²) in [5, 5.41) is 9.52. The molecular weight excluding hydrogens is 308 g/mol. The van der Waals surface area contributed by atoms with Crippen LogP contribution < -0.4 is 0 Å². The van der Waals surface area contributed by atoms with Gasteiger partial charge in [-0.15, -0.1) is 0 Å². The number of hydrogen-bond acceptors (Lipinski definition) is 4. The molecule has 0 bridgehead atoms. The number of likely N-dealkylation sites (tertiary alicyclic amines) is 1. The average Bonchev–Trinajstić information content (AvgIpc) is 3.07. The van der Waals surface area contributed by atoms with Crippen LogP contribution in [0.4, 0.5) is 0 Å². The first-order valence-electron chi connectivity index (χ1n) is 7.84. The summed E-state index contributed by atoms with van der Waals surface area (Å²) in [6.07, 6.45) is 3.16. The Morgan fingerprint density at radius 3 is 2.64 bits per heavy atom. The van der Waals surface area contributed by atoms with E-state index < -0.39 is 21.4 Å². The van der Waals surface area contributed by atoms with E-state index >= 15 is 0 Å². The van der Waals surface area contributed by atoms with Gasteiger partial charge >= 0.3 is 5.97 Å². The highest BCUT2D eigenvalue weighted by molar-refractivity contribution is 7.89. The van der Waals surface area contributed by atoms with Crippen molar-refractivity contribution in [1.82, 2.24) is 9.21 Å². The van der Waals surface area contributed by atoms with Gasteiger partial charge in [0.2, 0.25) is 15.9 Å². The van der Waals surface area contributed by atoms with Crippen LogP contribution in [0.5, 0.6) is 0 Å². The summed E-state index contributed by atoms with van der Waals surface area (Å²) in [4.78, 5) is 25.5. The van der Waals surface area contributed by atoms with Crippen molar-refractivity contribution >= 4 is 21.9 Å². The summed E-state index contributed by atoms with van der Waals surface area (Å²) in [5.41, 5.74) is -0.768. The van der Waals surface area contributed by atoms with Crippen molar-refractivity contribution in [3.8, 4) is 0 Å². The number of carbonyl (C=O) groups excluding carboxylic acids is 1. The Morgan fingerprint density at radius 2 is 2.05 bits per heavy atom. The van der Waals surface area contributed by atoms with Crippen LogP contribution in [0.25, 0.3) is 0 Å². The van der Waals surface area contributed by atoms with Crippen molar-refractivity contribution in [2.24, 2.45) is 11.3 Å². The van der Waals surface area contributed by atoms with E-state index in [1.165, 1.54) is 4.31 Å². The summed E-state index contributed by atoms with van der Waals surface area (Å²) in [6, 6.07) is 0. The molecule has 3 rings (SSSR count). The Labute approximate surface area is 130 Å². The predicted octanol–water partition coefficient (Wildman–Crippen LogP) is 0.125. The Kier molecular flexibility index (Phi) is 3.92. The van der Waals surface area contributed by atoms with Gasteiger partial charge in [-0.05, 0) is 25.2 Å². The number of aliphatic carboxylic acids is 1. The molecule has 3 aliphatic rings. The summed E-state index contributed by atoms with van der Waals surface area (Å²) in [6.45, 7) is 1.47. The number of nitrogens with zero attached hydrogens (tertiary/aromatic N) is 2. The molecule has 1 N–H and O–H groups in total. The number of carbonyl (C=O) groups is 2. The smallest absolute Gasteiger partial charge is 0.311 e. The van der Waals surface area contributed by atoms with Crippen LogP contribution >= 0.6 is 0 Å². The maximum absolute atomic E-state index is 12.3. The third-order valence-electron chi connectivity index (χ3n) is 5.43. The maximum atomic E-state index is 12.3. The molecule has 1 amide bonds. The molecule has 1 saturated carbocycles. The molecule has 0 aromatic rings. The van der Waals surface area contributed by atoms with Crippen molar-refractivity contribution in [3.05, 3.63) is 0 Å². The van der Waals surface area contributed by atoms with Gasteiger partial charge in [0.25, 0.3) is 0 Å². The van der Waals surface area contributed by atoms with E-state index in [1.54, 1.807) is 4.90 Å². The van der Waals surface area contributed by atoms with Crippen LogP contribution in [0.1, 0.15) is 32.1 Å². The quantitative estimate of drug-likeness (QED) is 0.790. The SMILES string of the molecule is O=C(CCN1CCCS1(=O)=O)N1C[C@@H]2CCC[C@@]2(C(=O)O)C1. The van der Waals surface area contributed by atoms with Gasteiger partial charge in [-0.25, -0.2) is 12.7 Å². The normalized spacial score (nSPS) is 34.0. The van der Waals surface area contributed by atoms with Crippen LogP contribution in [-0.2, 0) is 19.6 Å². The fourth-order valence-corrected chi connectivity index (χ4v) is 5.68. The lowest BCUT2D eigenvalue weighted by atomic mass is 9.81. The van der Waals surface area contributed by atoms with Crippen LogP contribution in [0.15, 0.2) is 0 Å². The predicted molar refractivity (Wildman–Crippen MR) is 78.6 cm³/mol. The Bertz CT molecular complexity index is 590. The van der Waals surface area contributed by atoms with Gasteiger partial charge in [0.1, 0.15) is 0 Å². The lowest BCUT2D eigenvalue weighted by Crippen LogP contribution is -2.38. The molecule has 124 valence electrons. The monoisotopic (exact) mass is 330 g/mol. The summed E-state index contributed by atoms with van der Waals surface area (Å²) in [5.74, 6) is -0.719. The minimum atomic E-state index is -3.18. The zero-order chi connectivity index (χ0) is 16.0. The highest BCUT2D eigenvalue weighted by atomic mass is 32.2. The Balaban J connectivity index is 1.59. The first-order chi connectivity index (χ1) is 10.3. The fraction of sp³-hybridized carbons (Fsp3) is 0.857. The second-order valence-corrected chi connectivity index (χ2v) is 8.73. The first kappa shape index (κ1) is 15.7.